The van der Waals surface area contributed by atoms with Crippen LogP contribution in [-0.2, 0) is 9.84 Å². The molecule has 0 atom stereocenters. The Kier molecular flexibility index (Phi) is 4.14. The third-order valence-corrected chi connectivity index (χ3v) is 5.18. The number of anilines is 1. The number of nitrogens with zero attached hydrogens (tertiary/aromatic N) is 1. The van der Waals surface area contributed by atoms with Crippen LogP contribution in [-0.4, -0.2) is 38.7 Å². The molecule has 1 aromatic rings. The van der Waals surface area contributed by atoms with Crippen molar-refractivity contribution in [2.45, 2.75) is 17.7 Å². The molecule has 1 heterocycles. The second kappa shape index (κ2) is 5.47. The molecule has 0 spiro atoms. The summed E-state index contributed by atoms with van der Waals surface area (Å²) in [7, 11) is -3.32. The lowest BCUT2D eigenvalue weighted by Crippen LogP contribution is -2.26. The smallest absolute Gasteiger partial charge is 0.181 e. The molecule has 1 aromatic carbocycles. The van der Waals surface area contributed by atoms with Crippen LogP contribution < -0.4 is 5.73 Å². The summed E-state index contributed by atoms with van der Waals surface area (Å²) in [4.78, 5) is 2.36. The predicted octanol–water partition coefficient (Wildman–Crippen LogP) is 1.79. The summed E-state index contributed by atoms with van der Waals surface area (Å²) < 4.78 is 24.3. The molecule has 0 radical (unpaired) electrons. The number of hydrogen-bond acceptors (Lipinski definition) is 4. The summed E-state index contributed by atoms with van der Waals surface area (Å²) in [6.07, 6.45) is 2.31. The maximum atomic E-state index is 12.2. The zero-order chi connectivity index (χ0) is 13.2. The van der Waals surface area contributed by atoms with Gasteiger partial charge in [-0.2, -0.15) is 0 Å². The van der Waals surface area contributed by atoms with Crippen LogP contribution in [0.4, 0.5) is 5.69 Å². The van der Waals surface area contributed by atoms with Gasteiger partial charge in [-0.05, 0) is 44.1 Å². The topological polar surface area (TPSA) is 63.4 Å². The van der Waals surface area contributed by atoms with Crippen molar-refractivity contribution in [1.29, 1.82) is 0 Å². The second-order valence-electron chi connectivity index (χ2n) is 4.55. The monoisotopic (exact) mass is 288 g/mol. The lowest BCUT2D eigenvalue weighted by Gasteiger charge is -2.15. The van der Waals surface area contributed by atoms with Crippen molar-refractivity contribution in [2.24, 2.45) is 0 Å². The molecule has 0 amide bonds. The molecule has 4 nitrogen and oxygen atoms in total. The van der Waals surface area contributed by atoms with Crippen LogP contribution in [0.25, 0.3) is 0 Å². The molecule has 2 N–H and O–H groups in total. The van der Waals surface area contributed by atoms with Crippen molar-refractivity contribution >= 4 is 27.1 Å². The quantitative estimate of drug-likeness (QED) is 0.858. The Morgan fingerprint density at radius 2 is 1.94 bits per heavy atom. The molecule has 0 saturated carbocycles. The lowest BCUT2D eigenvalue weighted by molar-refractivity contribution is 0.359. The summed E-state index contributed by atoms with van der Waals surface area (Å²) in [5.74, 6) is 0.110. The first-order valence-electron chi connectivity index (χ1n) is 5.99. The van der Waals surface area contributed by atoms with Gasteiger partial charge in [0.05, 0.1) is 16.3 Å². The first-order chi connectivity index (χ1) is 8.49. The molecule has 0 unspecified atom stereocenters. The molecule has 1 saturated heterocycles. The van der Waals surface area contributed by atoms with Gasteiger partial charge in [-0.3, -0.25) is 0 Å². The van der Waals surface area contributed by atoms with Gasteiger partial charge < -0.3 is 10.6 Å². The van der Waals surface area contributed by atoms with Gasteiger partial charge in [0.15, 0.2) is 9.84 Å². The maximum Gasteiger partial charge on any atom is 0.181 e. The van der Waals surface area contributed by atoms with Crippen LogP contribution >= 0.6 is 11.6 Å². The largest absolute Gasteiger partial charge is 0.398 e. The Morgan fingerprint density at radius 1 is 1.28 bits per heavy atom. The van der Waals surface area contributed by atoms with Crippen molar-refractivity contribution in [1.82, 2.24) is 4.90 Å². The molecule has 100 valence electrons. The maximum absolute atomic E-state index is 12.2. The van der Waals surface area contributed by atoms with Gasteiger partial charge in [0, 0.05) is 11.6 Å². The van der Waals surface area contributed by atoms with Crippen molar-refractivity contribution in [3.63, 3.8) is 0 Å². The highest BCUT2D eigenvalue weighted by molar-refractivity contribution is 7.91. The first-order valence-corrected chi connectivity index (χ1v) is 8.02. The highest BCUT2D eigenvalue weighted by atomic mass is 35.5. The standard InChI is InChI=1S/C12H17ClN2O2S/c13-10-3-4-12(11(14)9-10)18(16,17)8-7-15-5-1-2-6-15/h3-4,9H,1-2,5-8,14H2. The molecule has 2 rings (SSSR count). The van der Waals surface area contributed by atoms with Crippen molar-refractivity contribution in [3.05, 3.63) is 23.2 Å². The molecular formula is C12H17ClN2O2S. The van der Waals surface area contributed by atoms with Crippen LogP contribution in [0.2, 0.25) is 5.02 Å². The zero-order valence-corrected chi connectivity index (χ0v) is 11.7. The summed E-state index contributed by atoms with van der Waals surface area (Å²) >= 11 is 5.76. The highest BCUT2D eigenvalue weighted by Gasteiger charge is 2.20. The minimum Gasteiger partial charge on any atom is -0.398 e. The minimum absolute atomic E-state index is 0.110. The van der Waals surface area contributed by atoms with E-state index in [1.165, 1.54) is 12.1 Å². The third-order valence-electron chi connectivity index (χ3n) is 3.18. The zero-order valence-electron chi connectivity index (χ0n) is 10.1. The summed E-state index contributed by atoms with van der Waals surface area (Å²) in [6.45, 7) is 2.56. The fourth-order valence-corrected chi connectivity index (χ4v) is 3.76. The molecule has 0 aliphatic carbocycles. The minimum atomic E-state index is -3.32. The number of likely N-dealkylation sites (tertiary alicyclic amines) is 1. The number of hydrogen-bond donors (Lipinski definition) is 1. The molecular weight excluding hydrogens is 272 g/mol. The van der Waals surface area contributed by atoms with Crippen LogP contribution in [0.15, 0.2) is 23.1 Å². The van der Waals surface area contributed by atoms with Gasteiger partial charge >= 0.3 is 0 Å². The average molecular weight is 289 g/mol. The van der Waals surface area contributed by atoms with E-state index in [4.69, 9.17) is 17.3 Å². The van der Waals surface area contributed by atoms with Crippen molar-refractivity contribution in [2.75, 3.05) is 31.1 Å². The van der Waals surface area contributed by atoms with E-state index in [0.29, 0.717) is 11.6 Å². The molecule has 0 bridgehead atoms. The number of benzene rings is 1. The Morgan fingerprint density at radius 3 is 2.56 bits per heavy atom. The van der Waals surface area contributed by atoms with Gasteiger partial charge in [-0.1, -0.05) is 11.6 Å². The SMILES string of the molecule is Nc1cc(Cl)ccc1S(=O)(=O)CCN1CCCC1. The van der Waals surface area contributed by atoms with E-state index in [-0.39, 0.29) is 16.3 Å². The van der Waals surface area contributed by atoms with E-state index in [2.05, 4.69) is 4.90 Å². The fourth-order valence-electron chi connectivity index (χ4n) is 2.17. The Bertz CT molecular complexity index is 525. The van der Waals surface area contributed by atoms with Gasteiger partial charge in [0.2, 0.25) is 0 Å². The molecule has 0 aromatic heterocycles. The number of rotatable bonds is 4. The van der Waals surface area contributed by atoms with Crippen LogP contribution in [0.5, 0.6) is 0 Å². The molecule has 6 heteroatoms. The van der Waals surface area contributed by atoms with E-state index in [1.54, 1.807) is 6.07 Å². The number of nitrogens with two attached hydrogens (primary N) is 1. The Hall–Kier alpha value is -0.780. The lowest BCUT2D eigenvalue weighted by atomic mass is 10.3. The second-order valence-corrected chi connectivity index (χ2v) is 7.06. The molecule has 1 aliphatic heterocycles. The van der Waals surface area contributed by atoms with Gasteiger partial charge in [0.1, 0.15) is 0 Å². The van der Waals surface area contributed by atoms with Crippen LogP contribution in [0.1, 0.15) is 12.8 Å². The first kappa shape index (κ1) is 13.6. The predicted molar refractivity (Wildman–Crippen MR) is 73.6 cm³/mol. The number of sulfone groups is 1. The number of nitrogen functional groups attached to an aromatic ring is 1. The highest BCUT2D eigenvalue weighted by Crippen LogP contribution is 2.23. The van der Waals surface area contributed by atoms with Crippen molar-refractivity contribution in [3.8, 4) is 0 Å². The van der Waals surface area contributed by atoms with Crippen LogP contribution in [0.3, 0.4) is 0 Å². The summed E-state index contributed by atoms with van der Waals surface area (Å²) in [6, 6.07) is 4.52. The van der Waals surface area contributed by atoms with E-state index < -0.39 is 9.84 Å². The Labute approximate surface area is 113 Å². The average Bonchev–Trinajstić information content (AvgIpc) is 2.78. The summed E-state index contributed by atoms with van der Waals surface area (Å²) in [5, 5.41) is 0.450. The third kappa shape index (κ3) is 3.16. The van der Waals surface area contributed by atoms with E-state index in [0.717, 1.165) is 25.9 Å². The molecule has 1 aliphatic rings. The van der Waals surface area contributed by atoms with Gasteiger partial charge in [0.25, 0.3) is 0 Å². The van der Waals surface area contributed by atoms with Gasteiger partial charge in [-0.25, -0.2) is 8.42 Å². The van der Waals surface area contributed by atoms with E-state index in [1.807, 2.05) is 0 Å². The summed E-state index contributed by atoms with van der Waals surface area (Å²) in [5.41, 5.74) is 5.94. The van der Waals surface area contributed by atoms with E-state index in [9.17, 15) is 8.42 Å². The normalized spacial score (nSPS) is 17.2. The molecule has 1 fully saturated rings. The van der Waals surface area contributed by atoms with Crippen molar-refractivity contribution < 1.29 is 8.42 Å². The van der Waals surface area contributed by atoms with Crippen LogP contribution in [0, 0.1) is 0 Å². The fraction of sp³-hybridized carbons (Fsp3) is 0.500. The molecule has 18 heavy (non-hydrogen) atoms. The number of halogens is 1. The Balaban J connectivity index is 2.09. The van der Waals surface area contributed by atoms with E-state index >= 15 is 0 Å². The van der Waals surface area contributed by atoms with Gasteiger partial charge in [-0.15, -0.1) is 0 Å².